The molecule has 2 aliphatic rings. The van der Waals surface area contributed by atoms with Gasteiger partial charge in [0.25, 0.3) is 0 Å². The number of rotatable bonds is 5. The number of methoxy groups -OCH3 is 1. The summed E-state index contributed by atoms with van der Waals surface area (Å²) in [7, 11) is -5.82. The van der Waals surface area contributed by atoms with Gasteiger partial charge in [-0.25, -0.2) is 16.8 Å². The number of nitrogens with zero attached hydrogens (tertiary/aromatic N) is 1. The fraction of sp³-hybridized carbons (Fsp3) is 0.611. The molecule has 0 saturated carbocycles. The Bertz CT molecular complexity index is 966. The van der Waals surface area contributed by atoms with Gasteiger partial charge >= 0.3 is 0 Å². The highest BCUT2D eigenvalue weighted by molar-refractivity contribution is 7.96. The first-order valence-corrected chi connectivity index (χ1v) is 12.5. The Morgan fingerprint density at radius 2 is 1.86 bits per heavy atom. The number of aryl methyl sites for hydroxylation is 1. The van der Waals surface area contributed by atoms with E-state index in [0.717, 1.165) is 0 Å². The number of piperidine rings is 1. The van der Waals surface area contributed by atoms with E-state index in [-0.39, 0.29) is 28.2 Å². The van der Waals surface area contributed by atoms with Gasteiger partial charge in [-0.05, 0) is 56.6 Å². The molecule has 1 aromatic carbocycles. The first kappa shape index (κ1) is 21.1. The number of sulfone groups is 2. The Balaban J connectivity index is 1.90. The highest BCUT2D eigenvalue weighted by Gasteiger charge is 2.48. The number of benzene rings is 1. The number of carbonyl (C=O) groups is 1. The number of primary amides is 1. The van der Waals surface area contributed by atoms with Crippen molar-refractivity contribution in [3.8, 4) is 5.75 Å². The molecule has 28 heavy (non-hydrogen) atoms. The Hall–Kier alpha value is -1.65. The standard InChI is InChI=1S/C18H26N2O6S2/c1-12-9-14(3-4-16(12)26-2)28(24,25)17-11-27(22,23)10-15(17)20-7-5-13(6-8-20)18(19)21/h3-4,9,13,15,17H,5-8,10-11H2,1-2H3,(H2,19,21)/t15-,17-/m0/s1. The number of hydrogen-bond donors (Lipinski definition) is 1. The molecule has 10 heteroatoms. The summed E-state index contributed by atoms with van der Waals surface area (Å²) in [5.41, 5.74) is 6.03. The lowest BCUT2D eigenvalue weighted by atomic mass is 9.95. The van der Waals surface area contributed by atoms with Crippen LogP contribution in [-0.2, 0) is 24.5 Å². The molecule has 1 amide bonds. The molecule has 2 heterocycles. The van der Waals surface area contributed by atoms with E-state index in [9.17, 15) is 21.6 Å². The van der Waals surface area contributed by atoms with E-state index in [0.29, 0.717) is 37.2 Å². The number of amides is 1. The van der Waals surface area contributed by atoms with Crippen molar-refractivity contribution < 1.29 is 26.4 Å². The zero-order valence-electron chi connectivity index (χ0n) is 16.0. The molecule has 2 aliphatic heterocycles. The van der Waals surface area contributed by atoms with Crippen LogP contribution in [0.5, 0.6) is 5.75 Å². The van der Waals surface area contributed by atoms with E-state index in [1.807, 2.05) is 4.90 Å². The monoisotopic (exact) mass is 430 g/mol. The van der Waals surface area contributed by atoms with Gasteiger partial charge in [-0.2, -0.15) is 0 Å². The van der Waals surface area contributed by atoms with Crippen LogP contribution in [0.15, 0.2) is 23.1 Å². The molecule has 1 aromatic rings. The number of likely N-dealkylation sites (tertiary alicyclic amines) is 1. The van der Waals surface area contributed by atoms with Crippen molar-refractivity contribution in [3.05, 3.63) is 23.8 Å². The first-order chi connectivity index (χ1) is 13.0. The minimum atomic E-state index is -3.85. The molecule has 8 nitrogen and oxygen atoms in total. The number of nitrogens with two attached hydrogens (primary N) is 1. The summed E-state index contributed by atoms with van der Waals surface area (Å²) in [6.07, 6.45) is 1.03. The molecule has 2 atom stereocenters. The first-order valence-electron chi connectivity index (χ1n) is 9.17. The van der Waals surface area contributed by atoms with Crippen LogP contribution in [0, 0.1) is 12.8 Å². The van der Waals surface area contributed by atoms with Gasteiger partial charge in [-0.3, -0.25) is 9.69 Å². The van der Waals surface area contributed by atoms with Gasteiger partial charge in [0.2, 0.25) is 5.91 Å². The summed E-state index contributed by atoms with van der Waals surface area (Å²) in [4.78, 5) is 13.4. The van der Waals surface area contributed by atoms with Gasteiger partial charge in [-0.1, -0.05) is 0 Å². The van der Waals surface area contributed by atoms with Gasteiger partial charge in [0.1, 0.15) is 5.75 Å². The molecule has 0 bridgehead atoms. The van der Waals surface area contributed by atoms with Gasteiger partial charge < -0.3 is 10.5 Å². The molecule has 2 N–H and O–H groups in total. The van der Waals surface area contributed by atoms with Crippen molar-refractivity contribution in [3.63, 3.8) is 0 Å². The van der Waals surface area contributed by atoms with Gasteiger partial charge in [0, 0.05) is 12.0 Å². The van der Waals surface area contributed by atoms with Gasteiger partial charge in [0.05, 0.1) is 28.8 Å². The highest BCUT2D eigenvalue weighted by atomic mass is 32.2. The summed E-state index contributed by atoms with van der Waals surface area (Å²) < 4.78 is 56.4. The van der Waals surface area contributed by atoms with Crippen LogP contribution in [0.3, 0.4) is 0 Å². The van der Waals surface area contributed by atoms with Crippen LogP contribution in [0.1, 0.15) is 18.4 Å². The normalized spacial score (nSPS) is 26.2. The number of carbonyl (C=O) groups excluding carboxylic acids is 1. The number of ether oxygens (including phenoxy) is 1. The van der Waals surface area contributed by atoms with Crippen LogP contribution in [0.4, 0.5) is 0 Å². The van der Waals surface area contributed by atoms with E-state index in [1.165, 1.54) is 19.2 Å². The van der Waals surface area contributed by atoms with Gasteiger partial charge in [0.15, 0.2) is 19.7 Å². The predicted octanol–water partition coefficient (Wildman–Crippen LogP) is 0.140. The maximum Gasteiger partial charge on any atom is 0.220 e. The maximum absolute atomic E-state index is 13.3. The van der Waals surface area contributed by atoms with E-state index in [2.05, 4.69) is 0 Å². The average molecular weight is 431 g/mol. The van der Waals surface area contributed by atoms with Crippen LogP contribution in [-0.4, -0.2) is 70.6 Å². The molecule has 3 rings (SSSR count). The summed E-state index contributed by atoms with van der Waals surface area (Å²) in [6, 6.07) is 3.95. The quantitative estimate of drug-likeness (QED) is 0.705. The van der Waals surface area contributed by atoms with Crippen molar-refractivity contribution in [2.45, 2.75) is 36.0 Å². The Labute approximate surface area is 165 Å². The number of hydrogen-bond acceptors (Lipinski definition) is 7. The topological polar surface area (TPSA) is 124 Å². The SMILES string of the molecule is COc1ccc(S(=O)(=O)[C@H]2CS(=O)(=O)C[C@@H]2N2CCC(C(N)=O)CC2)cc1C. The lowest BCUT2D eigenvalue weighted by Gasteiger charge is -2.36. The Morgan fingerprint density at radius 3 is 2.39 bits per heavy atom. The summed E-state index contributed by atoms with van der Waals surface area (Å²) in [6.45, 7) is 2.66. The Morgan fingerprint density at radius 1 is 1.21 bits per heavy atom. The third-order valence-electron chi connectivity index (χ3n) is 5.77. The second-order valence-electron chi connectivity index (χ2n) is 7.57. The third kappa shape index (κ3) is 4.04. The van der Waals surface area contributed by atoms with Crippen LogP contribution >= 0.6 is 0 Å². The second kappa shape index (κ2) is 7.64. The largest absolute Gasteiger partial charge is 0.496 e. The smallest absolute Gasteiger partial charge is 0.220 e. The molecule has 0 unspecified atom stereocenters. The van der Waals surface area contributed by atoms with Crippen LogP contribution in [0.25, 0.3) is 0 Å². The zero-order valence-corrected chi connectivity index (χ0v) is 17.6. The van der Waals surface area contributed by atoms with Crippen molar-refractivity contribution in [1.82, 2.24) is 4.90 Å². The van der Waals surface area contributed by atoms with E-state index < -0.39 is 31.0 Å². The van der Waals surface area contributed by atoms with Crippen molar-refractivity contribution in [2.75, 3.05) is 31.7 Å². The fourth-order valence-corrected chi connectivity index (χ4v) is 9.07. The summed E-state index contributed by atoms with van der Waals surface area (Å²) >= 11 is 0. The summed E-state index contributed by atoms with van der Waals surface area (Å²) in [5, 5.41) is -1.03. The van der Waals surface area contributed by atoms with Crippen molar-refractivity contribution in [2.24, 2.45) is 11.7 Å². The molecular weight excluding hydrogens is 404 g/mol. The molecule has 0 radical (unpaired) electrons. The minimum absolute atomic E-state index is 0.102. The summed E-state index contributed by atoms with van der Waals surface area (Å²) in [5.74, 6) is -0.609. The lowest BCUT2D eigenvalue weighted by molar-refractivity contribution is -0.123. The molecule has 0 aromatic heterocycles. The minimum Gasteiger partial charge on any atom is -0.496 e. The average Bonchev–Trinajstić information content (AvgIpc) is 2.98. The molecule has 156 valence electrons. The third-order valence-corrected chi connectivity index (χ3v) is 9.88. The lowest BCUT2D eigenvalue weighted by Crippen LogP contribution is -2.50. The van der Waals surface area contributed by atoms with E-state index >= 15 is 0 Å². The molecule has 0 aliphatic carbocycles. The second-order valence-corrected chi connectivity index (χ2v) is 11.9. The fourth-order valence-electron chi connectivity index (χ4n) is 4.15. The predicted molar refractivity (Wildman–Crippen MR) is 105 cm³/mol. The molecular formula is C18H26N2O6S2. The van der Waals surface area contributed by atoms with E-state index in [1.54, 1.807) is 13.0 Å². The maximum atomic E-state index is 13.3. The highest BCUT2D eigenvalue weighted by Crippen LogP contribution is 2.32. The van der Waals surface area contributed by atoms with Crippen LogP contribution in [0.2, 0.25) is 0 Å². The van der Waals surface area contributed by atoms with Gasteiger partial charge in [-0.15, -0.1) is 0 Å². The van der Waals surface area contributed by atoms with E-state index in [4.69, 9.17) is 10.5 Å². The Kier molecular flexibility index (Phi) is 5.75. The molecule has 2 fully saturated rings. The zero-order chi connectivity index (χ0) is 20.7. The van der Waals surface area contributed by atoms with Crippen molar-refractivity contribution in [1.29, 1.82) is 0 Å². The molecule has 2 saturated heterocycles. The van der Waals surface area contributed by atoms with Crippen molar-refractivity contribution >= 4 is 25.6 Å². The molecule has 0 spiro atoms. The van der Waals surface area contributed by atoms with Crippen LogP contribution < -0.4 is 10.5 Å².